The fourth-order valence-electron chi connectivity index (χ4n) is 2.46. The van der Waals surface area contributed by atoms with Crippen molar-refractivity contribution in [2.45, 2.75) is 25.6 Å². The van der Waals surface area contributed by atoms with Gasteiger partial charge in [-0.2, -0.15) is 13.2 Å². The lowest BCUT2D eigenvalue weighted by Crippen LogP contribution is -2.46. The number of nitrogens with one attached hydrogen (secondary N) is 1. The van der Waals surface area contributed by atoms with Gasteiger partial charge in [0.25, 0.3) is 0 Å². The van der Waals surface area contributed by atoms with Crippen molar-refractivity contribution < 1.29 is 13.2 Å². The zero-order valence-corrected chi connectivity index (χ0v) is 13.5. The first-order chi connectivity index (χ1) is 8.96. The number of benzene rings is 1. The third kappa shape index (κ3) is 6.43. The molecule has 1 fully saturated rings. The Hall–Kier alpha value is -0.490. The number of alkyl halides is 3. The summed E-state index contributed by atoms with van der Waals surface area (Å²) in [5, 5.41) is 3.17. The molecular formula is C14H21Cl2F3N2. The molecule has 0 bridgehead atoms. The largest absolute Gasteiger partial charge is 0.390 e. The Kier molecular flexibility index (Phi) is 8.63. The molecule has 1 saturated heterocycles. The van der Waals surface area contributed by atoms with E-state index in [0.29, 0.717) is 13.1 Å². The second-order valence-corrected chi connectivity index (χ2v) is 5.03. The van der Waals surface area contributed by atoms with E-state index in [1.165, 1.54) is 0 Å². The molecule has 1 aliphatic rings. The van der Waals surface area contributed by atoms with Gasteiger partial charge < -0.3 is 5.32 Å². The van der Waals surface area contributed by atoms with Gasteiger partial charge in [0.05, 0.1) is 6.42 Å². The van der Waals surface area contributed by atoms with Gasteiger partial charge in [0.2, 0.25) is 0 Å². The highest BCUT2D eigenvalue weighted by molar-refractivity contribution is 5.85. The van der Waals surface area contributed by atoms with E-state index in [1.807, 2.05) is 36.1 Å². The Morgan fingerprint density at radius 1 is 1.10 bits per heavy atom. The Balaban J connectivity index is 0.00000200. The molecule has 2 rings (SSSR count). The molecule has 0 spiro atoms. The molecule has 7 heteroatoms. The van der Waals surface area contributed by atoms with Crippen LogP contribution in [0.3, 0.4) is 0 Å². The maximum atomic E-state index is 12.8. The first kappa shape index (κ1) is 20.5. The Morgan fingerprint density at radius 3 is 2.10 bits per heavy atom. The monoisotopic (exact) mass is 344 g/mol. The van der Waals surface area contributed by atoms with Crippen LogP contribution in [0, 0.1) is 6.92 Å². The Bertz CT molecular complexity index is 404. The standard InChI is InChI=1S/C14H19F3N2.2ClH/c1-11-2-4-12(5-3-11)13(10-14(15,16)17)19-8-6-18-7-9-19;;/h2-5,13,18H,6-10H2,1H3;2*1H/t13-;;/m1../s1. The quantitative estimate of drug-likeness (QED) is 0.898. The molecule has 0 aromatic heterocycles. The summed E-state index contributed by atoms with van der Waals surface area (Å²) in [7, 11) is 0. The zero-order valence-electron chi connectivity index (χ0n) is 11.8. The van der Waals surface area contributed by atoms with Gasteiger partial charge in [-0.25, -0.2) is 0 Å². The van der Waals surface area contributed by atoms with Crippen molar-refractivity contribution >= 4 is 24.8 Å². The zero-order chi connectivity index (χ0) is 13.9. The van der Waals surface area contributed by atoms with Crippen LogP contribution in [0.5, 0.6) is 0 Å². The summed E-state index contributed by atoms with van der Waals surface area (Å²) >= 11 is 0. The minimum atomic E-state index is -4.14. The highest BCUT2D eigenvalue weighted by Gasteiger charge is 2.35. The summed E-state index contributed by atoms with van der Waals surface area (Å²) in [5.41, 5.74) is 1.82. The number of aryl methyl sites for hydroxylation is 1. The molecule has 0 saturated carbocycles. The number of nitrogens with zero attached hydrogens (tertiary/aromatic N) is 1. The topological polar surface area (TPSA) is 15.3 Å². The fraction of sp³-hybridized carbons (Fsp3) is 0.571. The van der Waals surface area contributed by atoms with Crippen LogP contribution in [0.1, 0.15) is 23.6 Å². The van der Waals surface area contributed by atoms with Gasteiger partial charge in [0.15, 0.2) is 0 Å². The maximum Gasteiger partial charge on any atom is 0.390 e. The molecule has 0 radical (unpaired) electrons. The molecule has 0 aliphatic carbocycles. The van der Waals surface area contributed by atoms with Crippen molar-refractivity contribution in [3.05, 3.63) is 35.4 Å². The summed E-state index contributed by atoms with van der Waals surface area (Å²) in [6, 6.07) is 6.81. The Morgan fingerprint density at radius 2 is 1.62 bits per heavy atom. The van der Waals surface area contributed by atoms with Gasteiger partial charge in [-0.05, 0) is 12.5 Å². The third-order valence-electron chi connectivity index (χ3n) is 3.48. The molecular weight excluding hydrogens is 324 g/mol. The lowest BCUT2D eigenvalue weighted by atomic mass is 10.00. The molecule has 1 aliphatic heterocycles. The van der Waals surface area contributed by atoms with Gasteiger partial charge in [-0.3, -0.25) is 4.90 Å². The number of halogens is 5. The highest BCUT2D eigenvalue weighted by atomic mass is 35.5. The van der Waals surface area contributed by atoms with Crippen molar-refractivity contribution in [3.63, 3.8) is 0 Å². The van der Waals surface area contributed by atoms with Crippen LogP contribution in [0.25, 0.3) is 0 Å². The van der Waals surface area contributed by atoms with Gasteiger partial charge >= 0.3 is 6.18 Å². The van der Waals surface area contributed by atoms with Crippen LogP contribution in [-0.2, 0) is 0 Å². The molecule has 21 heavy (non-hydrogen) atoms. The average molecular weight is 345 g/mol. The first-order valence-corrected chi connectivity index (χ1v) is 6.54. The van der Waals surface area contributed by atoms with Crippen molar-refractivity contribution in [1.29, 1.82) is 0 Å². The second-order valence-electron chi connectivity index (χ2n) is 5.03. The molecule has 1 aromatic rings. The van der Waals surface area contributed by atoms with Gasteiger partial charge in [0.1, 0.15) is 0 Å². The minimum absolute atomic E-state index is 0. The van der Waals surface area contributed by atoms with Gasteiger partial charge in [-0.1, -0.05) is 29.8 Å². The van der Waals surface area contributed by atoms with E-state index in [1.54, 1.807) is 0 Å². The SMILES string of the molecule is Cc1ccc([C@@H](CC(F)(F)F)N2CCNCC2)cc1.Cl.Cl. The van der Waals surface area contributed by atoms with E-state index >= 15 is 0 Å². The number of piperazine rings is 1. The van der Waals surface area contributed by atoms with Crippen LogP contribution in [0.2, 0.25) is 0 Å². The molecule has 1 aromatic carbocycles. The predicted octanol–water partition coefficient (Wildman–Crippen LogP) is 3.74. The average Bonchev–Trinajstić information content (AvgIpc) is 2.37. The molecule has 0 amide bonds. The normalized spacial score (nSPS) is 17.5. The number of hydrogen-bond donors (Lipinski definition) is 1. The van der Waals surface area contributed by atoms with E-state index in [4.69, 9.17) is 0 Å². The van der Waals surface area contributed by atoms with Crippen molar-refractivity contribution in [2.75, 3.05) is 26.2 Å². The summed E-state index contributed by atoms with van der Waals surface area (Å²) in [5.74, 6) is 0. The summed E-state index contributed by atoms with van der Waals surface area (Å²) in [6.45, 7) is 4.76. The van der Waals surface area contributed by atoms with E-state index < -0.39 is 18.6 Å². The third-order valence-corrected chi connectivity index (χ3v) is 3.48. The summed E-state index contributed by atoms with van der Waals surface area (Å²) in [4.78, 5) is 1.93. The van der Waals surface area contributed by atoms with Crippen LogP contribution in [0.15, 0.2) is 24.3 Å². The van der Waals surface area contributed by atoms with Gasteiger partial charge in [-0.15, -0.1) is 24.8 Å². The van der Waals surface area contributed by atoms with E-state index in [2.05, 4.69) is 5.32 Å². The van der Waals surface area contributed by atoms with Crippen LogP contribution in [-0.4, -0.2) is 37.3 Å². The molecule has 1 atom stereocenters. The van der Waals surface area contributed by atoms with Crippen LogP contribution >= 0.6 is 24.8 Å². The van der Waals surface area contributed by atoms with E-state index in [0.717, 1.165) is 24.2 Å². The van der Waals surface area contributed by atoms with Crippen LogP contribution in [0.4, 0.5) is 13.2 Å². The highest BCUT2D eigenvalue weighted by Crippen LogP contribution is 2.33. The predicted molar refractivity (Wildman–Crippen MR) is 83.5 cm³/mol. The molecule has 1 N–H and O–H groups in total. The summed E-state index contributed by atoms with van der Waals surface area (Å²) in [6.07, 6.45) is -4.92. The van der Waals surface area contributed by atoms with E-state index in [9.17, 15) is 13.2 Å². The molecule has 0 unspecified atom stereocenters. The van der Waals surface area contributed by atoms with Crippen molar-refractivity contribution in [2.24, 2.45) is 0 Å². The number of rotatable bonds is 3. The van der Waals surface area contributed by atoms with Crippen molar-refractivity contribution in [3.8, 4) is 0 Å². The molecule has 2 nitrogen and oxygen atoms in total. The second kappa shape index (κ2) is 8.83. The van der Waals surface area contributed by atoms with Gasteiger partial charge in [0, 0.05) is 32.2 Å². The molecule has 1 heterocycles. The maximum absolute atomic E-state index is 12.8. The lowest BCUT2D eigenvalue weighted by Gasteiger charge is -2.35. The fourth-order valence-corrected chi connectivity index (χ4v) is 2.46. The first-order valence-electron chi connectivity index (χ1n) is 6.54. The smallest absolute Gasteiger partial charge is 0.314 e. The van der Waals surface area contributed by atoms with Crippen molar-refractivity contribution in [1.82, 2.24) is 10.2 Å². The Labute approximate surface area is 135 Å². The molecule has 122 valence electrons. The lowest BCUT2D eigenvalue weighted by molar-refractivity contribution is -0.148. The summed E-state index contributed by atoms with van der Waals surface area (Å²) < 4.78 is 38.4. The van der Waals surface area contributed by atoms with Crippen LogP contribution < -0.4 is 5.32 Å². The van der Waals surface area contributed by atoms with E-state index in [-0.39, 0.29) is 24.8 Å². The number of hydrogen-bond acceptors (Lipinski definition) is 2. The minimum Gasteiger partial charge on any atom is -0.314 e.